The summed E-state index contributed by atoms with van der Waals surface area (Å²) in [7, 11) is 0. The predicted octanol–water partition coefficient (Wildman–Crippen LogP) is 1.76. The van der Waals surface area contributed by atoms with Gasteiger partial charge in [-0.05, 0) is 25.0 Å². The Morgan fingerprint density at radius 1 is 1.30 bits per heavy atom. The Morgan fingerprint density at radius 2 is 2.25 bits per heavy atom. The molecule has 0 amide bonds. The van der Waals surface area contributed by atoms with Gasteiger partial charge < -0.3 is 15.0 Å². The quantitative estimate of drug-likeness (QED) is 0.870. The van der Waals surface area contributed by atoms with Gasteiger partial charge in [-0.2, -0.15) is 0 Å². The second-order valence-electron chi connectivity index (χ2n) is 5.17. The van der Waals surface area contributed by atoms with Crippen LogP contribution in [-0.4, -0.2) is 26.2 Å². The molecule has 0 saturated carbocycles. The summed E-state index contributed by atoms with van der Waals surface area (Å²) in [4.78, 5) is 8.75. The summed E-state index contributed by atoms with van der Waals surface area (Å²) in [6, 6.07) is 3.79. The average Bonchev–Trinajstić information content (AvgIpc) is 2.90. The zero-order chi connectivity index (χ0) is 13.8. The molecule has 2 aromatic heterocycles. The van der Waals surface area contributed by atoms with Crippen LogP contribution in [0, 0.1) is 0 Å². The van der Waals surface area contributed by atoms with E-state index in [-0.39, 0.29) is 6.61 Å². The first kappa shape index (κ1) is 13.1. The molecule has 0 aliphatic carbocycles. The van der Waals surface area contributed by atoms with Crippen molar-refractivity contribution in [2.24, 2.45) is 0 Å². The number of pyridine rings is 1. The van der Waals surface area contributed by atoms with E-state index in [1.54, 1.807) is 6.20 Å². The summed E-state index contributed by atoms with van der Waals surface area (Å²) in [6.07, 6.45) is 8.44. The van der Waals surface area contributed by atoms with Gasteiger partial charge in [-0.1, -0.05) is 0 Å². The van der Waals surface area contributed by atoms with Crippen LogP contribution in [0.3, 0.4) is 0 Å². The van der Waals surface area contributed by atoms with E-state index in [0.717, 1.165) is 37.3 Å². The minimum absolute atomic E-state index is 0.0245. The Kier molecular flexibility index (Phi) is 3.97. The van der Waals surface area contributed by atoms with E-state index >= 15 is 0 Å². The molecule has 0 radical (unpaired) electrons. The standard InChI is InChI=1S/C15H20N4O/c20-11-14-9-12(4-6-17-14)16-7-5-13-10-19-8-2-1-3-15(19)18-13/h4,6,9-10,20H,1-3,5,7-8,11H2,(H,16,17). The lowest BCUT2D eigenvalue weighted by molar-refractivity contribution is 0.277. The molecule has 106 valence electrons. The third-order valence-corrected chi connectivity index (χ3v) is 3.65. The van der Waals surface area contributed by atoms with E-state index in [4.69, 9.17) is 5.11 Å². The summed E-state index contributed by atoms with van der Waals surface area (Å²) in [6.45, 7) is 1.93. The lowest BCUT2D eigenvalue weighted by Crippen LogP contribution is -2.08. The van der Waals surface area contributed by atoms with Gasteiger partial charge in [-0.25, -0.2) is 4.98 Å². The number of hydrogen-bond donors (Lipinski definition) is 2. The van der Waals surface area contributed by atoms with Crippen LogP contribution in [0.5, 0.6) is 0 Å². The highest BCUT2D eigenvalue weighted by Crippen LogP contribution is 2.15. The molecule has 1 aliphatic rings. The van der Waals surface area contributed by atoms with Crippen LogP contribution < -0.4 is 5.32 Å². The van der Waals surface area contributed by atoms with Gasteiger partial charge in [0.25, 0.3) is 0 Å². The Hall–Kier alpha value is -1.88. The van der Waals surface area contributed by atoms with Crippen LogP contribution >= 0.6 is 0 Å². The summed E-state index contributed by atoms with van der Waals surface area (Å²) >= 11 is 0. The molecule has 5 heteroatoms. The van der Waals surface area contributed by atoms with Crippen molar-refractivity contribution in [3.05, 3.63) is 41.7 Å². The summed E-state index contributed by atoms with van der Waals surface area (Å²) < 4.78 is 2.29. The maximum atomic E-state index is 9.06. The third-order valence-electron chi connectivity index (χ3n) is 3.65. The molecule has 0 spiro atoms. The maximum absolute atomic E-state index is 9.06. The van der Waals surface area contributed by atoms with Crippen molar-refractivity contribution in [2.45, 2.75) is 38.8 Å². The monoisotopic (exact) mass is 272 g/mol. The first-order valence-corrected chi connectivity index (χ1v) is 7.20. The molecule has 0 unspecified atom stereocenters. The molecular formula is C15H20N4O. The molecule has 1 aliphatic heterocycles. The van der Waals surface area contributed by atoms with Crippen LogP contribution in [0.1, 0.15) is 30.1 Å². The number of rotatable bonds is 5. The highest BCUT2D eigenvalue weighted by molar-refractivity contribution is 5.43. The Bertz CT molecular complexity index is 556. The molecule has 2 N–H and O–H groups in total. The average molecular weight is 272 g/mol. The second-order valence-corrected chi connectivity index (χ2v) is 5.17. The zero-order valence-electron chi connectivity index (χ0n) is 11.5. The molecule has 0 aromatic carbocycles. The van der Waals surface area contributed by atoms with Gasteiger partial charge >= 0.3 is 0 Å². The van der Waals surface area contributed by atoms with Gasteiger partial charge in [0.1, 0.15) is 5.82 Å². The maximum Gasteiger partial charge on any atom is 0.108 e. The molecular weight excluding hydrogens is 252 g/mol. The van der Waals surface area contributed by atoms with E-state index in [9.17, 15) is 0 Å². The van der Waals surface area contributed by atoms with Crippen LogP contribution in [0.2, 0.25) is 0 Å². The van der Waals surface area contributed by atoms with Crippen molar-refractivity contribution in [3.8, 4) is 0 Å². The van der Waals surface area contributed by atoms with Gasteiger partial charge in [-0.3, -0.25) is 4.98 Å². The van der Waals surface area contributed by atoms with E-state index in [1.807, 2.05) is 12.1 Å². The van der Waals surface area contributed by atoms with Crippen LogP contribution in [-0.2, 0) is 26.0 Å². The van der Waals surface area contributed by atoms with Gasteiger partial charge in [0.2, 0.25) is 0 Å². The minimum Gasteiger partial charge on any atom is -0.390 e. The summed E-state index contributed by atoms with van der Waals surface area (Å²) in [5.41, 5.74) is 2.84. The molecule has 0 fully saturated rings. The molecule has 0 bridgehead atoms. The van der Waals surface area contributed by atoms with Crippen molar-refractivity contribution in [1.29, 1.82) is 0 Å². The number of fused-ring (bicyclic) bond motifs is 1. The molecule has 3 rings (SSSR count). The molecule has 0 atom stereocenters. The van der Waals surface area contributed by atoms with Crippen molar-refractivity contribution in [1.82, 2.24) is 14.5 Å². The molecule has 3 heterocycles. The normalized spacial score (nSPS) is 14.1. The first-order chi connectivity index (χ1) is 9.85. The van der Waals surface area contributed by atoms with E-state index < -0.39 is 0 Å². The minimum atomic E-state index is -0.0245. The van der Waals surface area contributed by atoms with Crippen LogP contribution in [0.25, 0.3) is 0 Å². The second kappa shape index (κ2) is 6.05. The fourth-order valence-electron chi connectivity index (χ4n) is 2.60. The van der Waals surface area contributed by atoms with E-state index in [2.05, 4.69) is 26.0 Å². The van der Waals surface area contributed by atoms with Gasteiger partial charge in [-0.15, -0.1) is 0 Å². The summed E-state index contributed by atoms with van der Waals surface area (Å²) in [5, 5.41) is 12.4. The zero-order valence-corrected chi connectivity index (χ0v) is 11.5. The van der Waals surface area contributed by atoms with E-state index in [0.29, 0.717) is 5.69 Å². The van der Waals surface area contributed by atoms with Crippen LogP contribution in [0.15, 0.2) is 24.5 Å². The van der Waals surface area contributed by atoms with Gasteiger partial charge in [0.05, 0.1) is 18.0 Å². The first-order valence-electron chi connectivity index (χ1n) is 7.20. The lowest BCUT2D eigenvalue weighted by Gasteiger charge is -2.11. The van der Waals surface area contributed by atoms with Crippen molar-refractivity contribution < 1.29 is 5.11 Å². The smallest absolute Gasteiger partial charge is 0.108 e. The fraction of sp³-hybridized carbons (Fsp3) is 0.467. The number of nitrogens with zero attached hydrogens (tertiary/aromatic N) is 3. The fourth-order valence-corrected chi connectivity index (χ4v) is 2.60. The topological polar surface area (TPSA) is 63.0 Å². The Balaban J connectivity index is 1.55. The SMILES string of the molecule is OCc1cc(NCCc2cn3c(n2)CCCC3)ccn1. The largest absolute Gasteiger partial charge is 0.390 e. The molecule has 20 heavy (non-hydrogen) atoms. The molecule has 2 aromatic rings. The molecule has 5 nitrogen and oxygen atoms in total. The van der Waals surface area contributed by atoms with Crippen molar-refractivity contribution in [2.75, 3.05) is 11.9 Å². The number of nitrogens with one attached hydrogen (secondary N) is 1. The van der Waals surface area contributed by atoms with Gasteiger partial charge in [0, 0.05) is 44.0 Å². The molecule has 0 saturated heterocycles. The number of anilines is 1. The number of hydrogen-bond acceptors (Lipinski definition) is 4. The lowest BCUT2D eigenvalue weighted by atomic mass is 10.2. The third kappa shape index (κ3) is 2.99. The van der Waals surface area contributed by atoms with Crippen LogP contribution in [0.4, 0.5) is 5.69 Å². The Labute approximate surface area is 118 Å². The van der Waals surface area contributed by atoms with Gasteiger partial charge in [0.15, 0.2) is 0 Å². The van der Waals surface area contributed by atoms with E-state index in [1.165, 1.54) is 18.7 Å². The number of aryl methyl sites for hydroxylation is 2. The number of aliphatic hydroxyl groups excluding tert-OH is 1. The number of aliphatic hydroxyl groups is 1. The highest BCUT2D eigenvalue weighted by Gasteiger charge is 2.11. The number of imidazole rings is 1. The Morgan fingerprint density at radius 3 is 3.10 bits per heavy atom. The number of aromatic nitrogens is 3. The highest BCUT2D eigenvalue weighted by atomic mass is 16.3. The van der Waals surface area contributed by atoms with Crippen molar-refractivity contribution in [3.63, 3.8) is 0 Å². The van der Waals surface area contributed by atoms with Crippen molar-refractivity contribution >= 4 is 5.69 Å². The summed E-state index contributed by atoms with van der Waals surface area (Å²) in [5.74, 6) is 1.23. The predicted molar refractivity (Wildman–Crippen MR) is 77.5 cm³/mol.